The normalized spacial score (nSPS) is 19.2. The Morgan fingerprint density at radius 3 is 3.00 bits per heavy atom. The summed E-state index contributed by atoms with van der Waals surface area (Å²) >= 11 is 0. The molecule has 110 valence electrons. The fourth-order valence-electron chi connectivity index (χ4n) is 2.94. The molecule has 1 aliphatic rings. The first kappa shape index (κ1) is 14.9. The third-order valence-corrected chi connectivity index (χ3v) is 4.26. The number of carbonyl (C=O) groups excluding carboxylic acids is 1. The van der Waals surface area contributed by atoms with E-state index in [1.807, 2.05) is 13.0 Å². The molecule has 2 atom stereocenters. The number of nitrogens with two attached hydrogens (primary N) is 1. The average Bonchev–Trinajstić information content (AvgIpc) is 2.47. The molecule has 2 rings (SSSR count). The van der Waals surface area contributed by atoms with Crippen molar-refractivity contribution in [2.75, 3.05) is 13.7 Å². The lowest BCUT2D eigenvalue weighted by molar-refractivity contribution is -0.122. The molecule has 1 heterocycles. The van der Waals surface area contributed by atoms with E-state index in [9.17, 15) is 4.79 Å². The zero-order valence-corrected chi connectivity index (χ0v) is 12.3. The zero-order chi connectivity index (χ0) is 14.5. The standard InChI is InChI=1S/C16H24N2O2/c1-3-11(16(17)19)4-5-12-9-18-10-13-6-7-14(20-2)8-15(12)13/h6-8,11-12,18H,3-5,9-10H2,1-2H3,(H2,17,19). The molecule has 0 saturated heterocycles. The molecule has 1 aliphatic heterocycles. The molecular formula is C16H24N2O2. The molecule has 4 nitrogen and oxygen atoms in total. The number of carbonyl (C=O) groups is 1. The maximum atomic E-state index is 11.3. The van der Waals surface area contributed by atoms with E-state index in [2.05, 4.69) is 17.4 Å². The molecule has 1 aromatic rings. The van der Waals surface area contributed by atoms with Crippen LogP contribution in [0.5, 0.6) is 5.75 Å². The maximum absolute atomic E-state index is 11.3. The van der Waals surface area contributed by atoms with Gasteiger partial charge in [0.2, 0.25) is 5.91 Å². The summed E-state index contributed by atoms with van der Waals surface area (Å²) in [4.78, 5) is 11.3. The van der Waals surface area contributed by atoms with Crippen molar-refractivity contribution in [1.82, 2.24) is 5.32 Å². The maximum Gasteiger partial charge on any atom is 0.220 e. The first-order valence-corrected chi connectivity index (χ1v) is 7.32. The Bertz CT molecular complexity index is 474. The van der Waals surface area contributed by atoms with Crippen molar-refractivity contribution in [2.24, 2.45) is 11.7 Å². The first-order valence-electron chi connectivity index (χ1n) is 7.32. The fraction of sp³-hybridized carbons (Fsp3) is 0.562. The van der Waals surface area contributed by atoms with Crippen molar-refractivity contribution in [3.8, 4) is 5.75 Å². The molecule has 0 radical (unpaired) electrons. The van der Waals surface area contributed by atoms with Crippen LogP contribution >= 0.6 is 0 Å². The van der Waals surface area contributed by atoms with E-state index in [1.54, 1.807) is 7.11 Å². The van der Waals surface area contributed by atoms with Gasteiger partial charge in [-0.3, -0.25) is 4.79 Å². The highest BCUT2D eigenvalue weighted by Gasteiger charge is 2.22. The van der Waals surface area contributed by atoms with Gasteiger partial charge in [-0.1, -0.05) is 13.0 Å². The summed E-state index contributed by atoms with van der Waals surface area (Å²) in [5.41, 5.74) is 8.11. The Morgan fingerprint density at radius 1 is 1.55 bits per heavy atom. The Morgan fingerprint density at radius 2 is 2.35 bits per heavy atom. The van der Waals surface area contributed by atoms with Crippen LogP contribution in [0, 0.1) is 5.92 Å². The average molecular weight is 276 g/mol. The summed E-state index contributed by atoms with van der Waals surface area (Å²) in [6.07, 6.45) is 2.66. The number of benzene rings is 1. The minimum atomic E-state index is -0.179. The molecule has 0 spiro atoms. The van der Waals surface area contributed by atoms with Gasteiger partial charge in [0.25, 0.3) is 0 Å². The van der Waals surface area contributed by atoms with Crippen LogP contribution in [0.2, 0.25) is 0 Å². The van der Waals surface area contributed by atoms with E-state index in [1.165, 1.54) is 11.1 Å². The second kappa shape index (κ2) is 6.75. The van der Waals surface area contributed by atoms with E-state index in [-0.39, 0.29) is 11.8 Å². The first-order chi connectivity index (χ1) is 9.65. The van der Waals surface area contributed by atoms with Crippen LogP contribution in [0.1, 0.15) is 43.2 Å². The molecule has 1 amide bonds. The molecular weight excluding hydrogens is 252 g/mol. The van der Waals surface area contributed by atoms with Crippen molar-refractivity contribution in [2.45, 2.75) is 38.6 Å². The summed E-state index contributed by atoms with van der Waals surface area (Å²) in [6, 6.07) is 6.26. The number of ether oxygens (including phenoxy) is 1. The zero-order valence-electron chi connectivity index (χ0n) is 12.3. The fourth-order valence-corrected chi connectivity index (χ4v) is 2.94. The lowest BCUT2D eigenvalue weighted by atomic mass is 9.84. The van der Waals surface area contributed by atoms with Crippen LogP contribution in [0.3, 0.4) is 0 Å². The molecule has 0 bridgehead atoms. The number of hydrogen-bond donors (Lipinski definition) is 2. The van der Waals surface area contributed by atoms with Crippen molar-refractivity contribution < 1.29 is 9.53 Å². The Kier molecular flexibility index (Phi) is 5.01. The van der Waals surface area contributed by atoms with Crippen LogP contribution in [-0.4, -0.2) is 19.6 Å². The number of methoxy groups -OCH3 is 1. The number of nitrogens with one attached hydrogen (secondary N) is 1. The molecule has 3 N–H and O–H groups in total. The van der Waals surface area contributed by atoms with Gasteiger partial charge in [0, 0.05) is 19.0 Å². The second-order valence-electron chi connectivity index (χ2n) is 5.48. The quantitative estimate of drug-likeness (QED) is 0.837. The summed E-state index contributed by atoms with van der Waals surface area (Å²) in [7, 11) is 1.69. The van der Waals surface area contributed by atoms with Crippen molar-refractivity contribution in [3.05, 3.63) is 29.3 Å². The van der Waals surface area contributed by atoms with Crippen molar-refractivity contribution in [1.29, 1.82) is 0 Å². The predicted molar refractivity (Wildman–Crippen MR) is 79.7 cm³/mol. The molecule has 0 fully saturated rings. The number of hydrogen-bond acceptors (Lipinski definition) is 3. The Labute approximate surface area is 120 Å². The molecule has 20 heavy (non-hydrogen) atoms. The minimum Gasteiger partial charge on any atom is -0.497 e. The topological polar surface area (TPSA) is 64.3 Å². The van der Waals surface area contributed by atoms with E-state index in [0.29, 0.717) is 5.92 Å². The molecule has 1 aromatic carbocycles. The summed E-state index contributed by atoms with van der Waals surface area (Å²) in [5, 5.41) is 3.44. The van der Waals surface area contributed by atoms with Gasteiger partial charge in [0.15, 0.2) is 0 Å². The van der Waals surface area contributed by atoms with Gasteiger partial charge in [-0.15, -0.1) is 0 Å². The van der Waals surface area contributed by atoms with Gasteiger partial charge in [-0.05, 0) is 48.4 Å². The molecule has 4 heteroatoms. The molecule has 0 aliphatic carbocycles. The van der Waals surface area contributed by atoms with Gasteiger partial charge >= 0.3 is 0 Å². The second-order valence-corrected chi connectivity index (χ2v) is 5.48. The molecule has 0 aromatic heterocycles. The number of primary amides is 1. The van der Waals surface area contributed by atoms with Crippen molar-refractivity contribution >= 4 is 5.91 Å². The predicted octanol–water partition coefficient (Wildman–Crippen LogP) is 2.17. The van der Waals surface area contributed by atoms with Gasteiger partial charge in [-0.2, -0.15) is 0 Å². The van der Waals surface area contributed by atoms with Crippen LogP contribution in [-0.2, 0) is 11.3 Å². The van der Waals surface area contributed by atoms with E-state index in [0.717, 1.165) is 38.1 Å². The van der Waals surface area contributed by atoms with Crippen LogP contribution in [0.25, 0.3) is 0 Å². The van der Waals surface area contributed by atoms with E-state index < -0.39 is 0 Å². The largest absolute Gasteiger partial charge is 0.497 e. The number of amides is 1. The van der Waals surface area contributed by atoms with Crippen molar-refractivity contribution in [3.63, 3.8) is 0 Å². The highest BCUT2D eigenvalue weighted by atomic mass is 16.5. The monoisotopic (exact) mass is 276 g/mol. The summed E-state index contributed by atoms with van der Waals surface area (Å²) < 4.78 is 5.32. The minimum absolute atomic E-state index is 0.00835. The SMILES string of the molecule is CCC(CCC1CNCc2ccc(OC)cc21)C(N)=O. The summed E-state index contributed by atoms with van der Waals surface area (Å²) in [6.45, 7) is 3.88. The van der Waals surface area contributed by atoms with Gasteiger partial charge in [-0.25, -0.2) is 0 Å². The third kappa shape index (κ3) is 3.31. The highest BCUT2D eigenvalue weighted by Crippen LogP contribution is 2.32. The van der Waals surface area contributed by atoms with E-state index in [4.69, 9.17) is 10.5 Å². The third-order valence-electron chi connectivity index (χ3n) is 4.26. The lowest BCUT2D eigenvalue weighted by Gasteiger charge is -2.27. The van der Waals surface area contributed by atoms with Crippen LogP contribution in [0.15, 0.2) is 18.2 Å². The van der Waals surface area contributed by atoms with E-state index >= 15 is 0 Å². The Hall–Kier alpha value is -1.55. The number of fused-ring (bicyclic) bond motifs is 1. The van der Waals surface area contributed by atoms with Gasteiger partial charge in [0.05, 0.1) is 7.11 Å². The van der Waals surface area contributed by atoms with Crippen LogP contribution < -0.4 is 15.8 Å². The molecule has 0 saturated carbocycles. The van der Waals surface area contributed by atoms with Gasteiger partial charge < -0.3 is 15.8 Å². The number of rotatable bonds is 6. The van der Waals surface area contributed by atoms with Gasteiger partial charge in [0.1, 0.15) is 5.75 Å². The highest BCUT2D eigenvalue weighted by molar-refractivity contribution is 5.76. The lowest BCUT2D eigenvalue weighted by Crippen LogP contribution is -2.29. The van der Waals surface area contributed by atoms with Crippen LogP contribution in [0.4, 0.5) is 0 Å². The summed E-state index contributed by atoms with van der Waals surface area (Å²) in [5.74, 6) is 1.15. The molecule has 2 unspecified atom stereocenters. The smallest absolute Gasteiger partial charge is 0.220 e. The Balaban J connectivity index is 2.09.